The molecule has 0 aliphatic rings. The first-order valence-corrected chi connectivity index (χ1v) is 8.50. The summed E-state index contributed by atoms with van der Waals surface area (Å²) >= 11 is 0. The summed E-state index contributed by atoms with van der Waals surface area (Å²) in [5.74, 6) is 1.84. The van der Waals surface area contributed by atoms with Gasteiger partial charge in [-0.05, 0) is 42.0 Å². The molecular weight excluding hydrogens is 338 g/mol. The molecule has 1 heterocycles. The number of anilines is 1. The fourth-order valence-corrected chi connectivity index (χ4v) is 2.69. The minimum absolute atomic E-state index is 0.134. The van der Waals surface area contributed by atoms with Crippen molar-refractivity contribution in [3.05, 3.63) is 84.2 Å². The summed E-state index contributed by atoms with van der Waals surface area (Å²) in [5.41, 5.74) is 2.75. The normalized spacial score (nSPS) is 10.0. The summed E-state index contributed by atoms with van der Waals surface area (Å²) in [7, 11) is 0. The Hall–Kier alpha value is -3.78. The van der Waals surface area contributed by atoms with Gasteiger partial charge in [0.2, 0.25) is 5.91 Å². The van der Waals surface area contributed by atoms with Gasteiger partial charge in [0.05, 0.1) is 24.2 Å². The van der Waals surface area contributed by atoms with E-state index < -0.39 is 0 Å². The van der Waals surface area contributed by atoms with Gasteiger partial charge in [-0.3, -0.25) is 9.59 Å². The molecule has 1 aromatic heterocycles. The van der Waals surface area contributed by atoms with Crippen molar-refractivity contribution in [1.29, 1.82) is 0 Å². The Morgan fingerprint density at radius 3 is 2.37 bits per heavy atom. The monoisotopic (exact) mass is 357 g/mol. The molecule has 0 aliphatic carbocycles. The molecule has 3 rings (SSSR count). The lowest BCUT2D eigenvalue weighted by Gasteiger charge is -2.11. The van der Waals surface area contributed by atoms with Crippen molar-refractivity contribution in [3.8, 4) is 18.0 Å². The van der Waals surface area contributed by atoms with Crippen LogP contribution >= 0.6 is 0 Å². The molecule has 0 saturated heterocycles. The van der Waals surface area contributed by atoms with Crippen LogP contribution in [0.4, 0.5) is 5.69 Å². The predicted molar refractivity (Wildman–Crippen MR) is 106 cm³/mol. The lowest BCUT2D eigenvalue weighted by Crippen LogP contribution is -2.25. The van der Waals surface area contributed by atoms with Crippen LogP contribution in [0.1, 0.15) is 15.9 Å². The second-order valence-electron chi connectivity index (χ2n) is 5.91. The van der Waals surface area contributed by atoms with Crippen LogP contribution in [0.3, 0.4) is 0 Å². The molecule has 0 aliphatic heterocycles. The summed E-state index contributed by atoms with van der Waals surface area (Å²) in [5, 5.41) is 5.40. The number of amides is 2. The Balaban J connectivity index is 1.66. The summed E-state index contributed by atoms with van der Waals surface area (Å²) < 4.78 is 1.99. The van der Waals surface area contributed by atoms with Crippen LogP contribution in [0.2, 0.25) is 0 Å². The number of hydrogen-bond donors (Lipinski definition) is 2. The lowest BCUT2D eigenvalue weighted by atomic mass is 10.1. The highest BCUT2D eigenvalue weighted by Gasteiger charge is 2.12. The highest BCUT2D eigenvalue weighted by atomic mass is 16.2. The first kappa shape index (κ1) is 18.0. The van der Waals surface area contributed by atoms with Gasteiger partial charge in [-0.1, -0.05) is 30.2 Å². The average Bonchev–Trinajstić information content (AvgIpc) is 3.22. The first-order chi connectivity index (χ1) is 13.2. The van der Waals surface area contributed by atoms with E-state index in [0.29, 0.717) is 11.3 Å². The van der Waals surface area contributed by atoms with E-state index >= 15 is 0 Å². The maximum Gasteiger partial charge on any atom is 0.254 e. The summed E-state index contributed by atoms with van der Waals surface area (Å²) in [4.78, 5) is 24.6. The Morgan fingerprint density at radius 2 is 1.67 bits per heavy atom. The molecule has 3 aromatic rings. The second kappa shape index (κ2) is 8.54. The van der Waals surface area contributed by atoms with Crippen molar-refractivity contribution >= 4 is 17.5 Å². The molecule has 2 aromatic carbocycles. The van der Waals surface area contributed by atoms with Gasteiger partial charge in [-0.2, -0.15) is 0 Å². The van der Waals surface area contributed by atoms with Crippen LogP contribution in [-0.2, 0) is 11.2 Å². The minimum Gasteiger partial charge on any atom is -0.341 e. The second-order valence-corrected chi connectivity index (χ2v) is 5.91. The predicted octanol–water partition coefficient (Wildman–Crippen LogP) is 3.02. The lowest BCUT2D eigenvalue weighted by molar-refractivity contribution is -0.115. The fraction of sp³-hybridized carbons (Fsp3) is 0.0909. The SMILES string of the molecule is C#CCNC(=O)c1ccccc1NC(=O)Cc1ccc(-n2cccc2)cc1. The third-order valence-corrected chi connectivity index (χ3v) is 4.00. The van der Waals surface area contributed by atoms with Crippen molar-refractivity contribution < 1.29 is 9.59 Å². The topological polar surface area (TPSA) is 63.1 Å². The van der Waals surface area contributed by atoms with Crippen LogP contribution in [0.15, 0.2) is 73.1 Å². The third-order valence-electron chi connectivity index (χ3n) is 4.00. The zero-order valence-corrected chi connectivity index (χ0v) is 14.7. The fourth-order valence-electron chi connectivity index (χ4n) is 2.69. The van der Waals surface area contributed by atoms with Crippen molar-refractivity contribution in [2.45, 2.75) is 6.42 Å². The number of rotatable bonds is 6. The highest BCUT2D eigenvalue weighted by molar-refractivity contribution is 6.04. The van der Waals surface area contributed by atoms with E-state index in [0.717, 1.165) is 11.3 Å². The number of terminal acetylenes is 1. The zero-order chi connectivity index (χ0) is 19.1. The molecule has 5 nitrogen and oxygen atoms in total. The smallest absolute Gasteiger partial charge is 0.254 e. The van der Waals surface area contributed by atoms with E-state index in [9.17, 15) is 9.59 Å². The van der Waals surface area contributed by atoms with Crippen LogP contribution in [-0.4, -0.2) is 22.9 Å². The van der Waals surface area contributed by atoms with E-state index in [1.54, 1.807) is 24.3 Å². The third kappa shape index (κ3) is 4.65. The van der Waals surface area contributed by atoms with Crippen molar-refractivity contribution in [1.82, 2.24) is 9.88 Å². The van der Waals surface area contributed by atoms with Crippen LogP contribution in [0, 0.1) is 12.3 Å². The van der Waals surface area contributed by atoms with Gasteiger partial charge in [-0.15, -0.1) is 6.42 Å². The summed E-state index contributed by atoms with van der Waals surface area (Å²) in [6.45, 7) is 0.134. The standard InChI is InChI=1S/C22H19N3O2/c1-2-13-23-22(27)19-7-3-4-8-20(19)24-21(26)16-17-9-11-18(12-10-17)25-14-5-6-15-25/h1,3-12,14-15H,13,16H2,(H,23,27)(H,24,26). The van der Waals surface area contributed by atoms with Gasteiger partial charge in [-0.25, -0.2) is 0 Å². The zero-order valence-electron chi connectivity index (χ0n) is 14.7. The Bertz CT molecular complexity index is 968. The molecule has 5 heteroatoms. The molecule has 0 bridgehead atoms. The van der Waals surface area contributed by atoms with Gasteiger partial charge >= 0.3 is 0 Å². The molecule has 0 atom stereocenters. The molecule has 0 fully saturated rings. The van der Waals surface area contributed by atoms with E-state index in [4.69, 9.17) is 6.42 Å². The number of hydrogen-bond acceptors (Lipinski definition) is 2. The molecule has 0 saturated carbocycles. The van der Waals surface area contributed by atoms with Gasteiger partial charge in [0.25, 0.3) is 5.91 Å². The van der Waals surface area contributed by atoms with E-state index in [-0.39, 0.29) is 24.8 Å². The Morgan fingerprint density at radius 1 is 0.963 bits per heavy atom. The number of carbonyl (C=O) groups excluding carboxylic acids is 2. The number of benzene rings is 2. The van der Waals surface area contributed by atoms with Crippen molar-refractivity contribution in [2.75, 3.05) is 11.9 Å². The summed E-state index contributed by atoms with van der Waals surface area (Å²) in [6, 6.07) is 18.5. The van der Waals surface area contributed by atoms with E-state index in [1.807, 2.05) is 53.4 Å². The molecule has 0 unspecified atom stereocenters. The average molecular weight is 357 g/mol. The molecular formula is C22H19N3O2. The number of nitrogens with zero attached hydrogens (tertiary/aromatic N) is 1. The van der Waals surface area contributed by atoms with Crippen molar-refractivity contribution in [2.24, 2.45) is 0 Å². The molecule has 0 spiro atoms. The molecule has 2 amide bonds. The van der Waals surface area contributed by atoms with Crippen molar-refractivity contribution in [3.63, 3.8) is 0 Å². The maximum atomic E-state index is 12.4. The maximum absolute atomic E-state index is 12.4. The van der Waals surface area contributed by atoms with Crippen LogP contribution in [0.5, 0.6) is 0 Å². The number of para-hydroxylation sites is 1. The van der Waals surface area contributed by atoms with E-state index in [1.165, 1.54) is 0 Å². The van der Waals surface area contributed by atoms with Gasteiger partial charge in [0.15, 0.2) is 0 Å². The van der Waals surface area contributed by atoms with Crippen LogP contribution in [0.25, 0.3) is 5.69 Å². The largest absolute Gasteiger partial charge is 0.341 e. The van der Waals surface area contributed by atoms with Crippen LogP contribution < -0.4 is 10.6 Å². The molecule has 2 N–H and O–H groups in total. The highest BCUT2D eigenvalue weighted by Crippen LogP contribution is 2.16. The van der Waals surface area contributed by atoms with Gasteiger partial charge in [0.1, 0.15) is 0 Å². The molecule has 27 heavy (non-hydrogen) atoms. The van der Waals surface area contributed by atoms with E-state index in [2.05, 4.69) is 16.6 Å². The number of carbonyl (C=O) groups is 2. The minimum atomic E-state index is -0.320. The summed E-state index contributed by atoms with van der Waals surface area (Å²) in [6.07, 6.45) is 9.30. The first-order valence-electron chi connectivity index (χ1n) is 8.50. The molecule has 0 radical (unpaired) electrons. The quantitative estimate of drug-likeness (QED) is 0.666. The number of aromatic nitrogens is 1. The number of nitrogens with one attached hydrogen (secondary N) is 2. The van der Waals surface area contributed by atoms with Gasteiger partial charge < -0.3 is 15.2 Å². The Labute approximate surface area is 158 Å². The Kier molecular flexibility index (Phi) is 5.70. The molecule has 134 valence electrons. The van der Waals surface area contributed by atoms with Gasteiger partial charge in [0, 0.05) is 18.1 Å².